The Morgan fingerprint density at radius 3 is 2.79 bits per heavy atom. The van der Waals surface area contributed by atoms with Crippen molar-refractivity contribution in [3.8, 4) is 0 Å². The van der Waals surface area contributed by atoms with Crippen LogP contribution in [0.4, 0.5) is 0 Å². The molecule has 1 aliphatic rings. The fourth-order valence-electron chi connectivity index (χ4n) is 2.50. The van der Waals surface area contributed by atoms with Crippen molar-refractivity contribution in [2.75, 3.05) is 13.2 Å². The lowest BCUT2D eigenvalue weighted by atomic mass is 9.82. The molecule has 0 radical (unpaired) electrons. The van der Waals surface area contributed by atoms with E-state index < -0.39 is 11.4 Å². The van der Waals surface area contributed by atoms with Gasteiger partial charge in [0.05, 0.1) is 28.4 Å². The number of aromatic nitrogens is 2. The van der Waals surface area contributed by atoms with Crippen LogP contribution in [0.25, 0.3) is 0 Å². The minimum Gasteiger partial charge on any atom is -0.481 e. The van der Waals surface area contributed by atoms with Gasteiger partial charge in [0, 0.05) is 19.6 Å². The maximum Gasteiger partial charge on any atom is 0.312 e. The minimum atomic E-state index is -0.860. The highest BCUT2D eigenvalue weighted by molar-refractivity contribution is 6.31. The number of hydrogen-bond donors (Lipinski definition) is 1. The predicted molar refractivity (Wildman–Crippen MR) is 71.5 cm³/mol. The van der Waals surface area contributed by atoms with E-state index in [1.165, 1.54) is 0 Å². The van der Waals surface area contributed by atoms with E-state index in [2.05, 4.69) is 5.10 Å². The van der Waals surface area contributed by atoms with Crippen LogP contribution >= 0.6 is 11.6 Å². The van der Waals surface area contributed by atoms with Gasteiger partial charge >= 0.3 is 5.97 Å². The van der Waals surface area contributed by atoms with Crippen LogP contribution in [-0.4, -0.2) is 34.1 Å². The van der Waals surface area contributed by atoms with Gasteiger partial charge in [0.15, 0.2) is 0 Å². The molecule has 2 rings (SSSR count). The molecule has 0 spiro atoms. The van der Waals surface area contributed by atoms with Crippen molar-refractivity contribution in [1.29, 1.82) is 0 Å². The topological polar surface area (TPSA) is 64.4 Å². The Balaban J connectivity index is 2.36. The van der Waals surface area contributed by atoms with Gasteiger partial charge in [0.25, 0.3) is 0 Å². The van der Waals surface area contributed by atoms with Crippen LogP contribution in [0.1, 0.15) is 31.7 Å². The molecule has 0 amide bonds. The first-order chi connectivity index (χ1) is 9.04. The van der Waals surface area contributed by atoms with Crippen LogP contribution in [0, 0.1) is 5.41 Å². The maximum absolute atomic E-state index is 11.6. The number of ether oxygens (including phenoxy) is 1. The van der Waals surface area contributed by atoms with E-state index in [4.69, 9.17) is 16.3 Å². The number of rotatable bonds is 5. The molecule has 5 nitrogen and oxygen atoms in total. The average molecular weight is 287 g/mol. The third-order valence-electron chi connectivity index (χ3n) is 3.76. The van der Waals surface area contributed by atoms with Crippen molar-refractivity contribution in [2.45, 2.75) is 39.7 Å². The van der Waals surface area contributed by atoms with E-state index in [0.717, 1.165) is 17.8 Å². The van der Waals surface area contributed by atoms with Gasteiger partial charge in [-0.05, 0) is 19.8 Å². The fraction of sp³-hybridized carbons (Fsp3) is 0.692. The second-order valence-corrected chi connectivity index (χ2v) is 5.32. The van der Waals surface area contributed by atoms with Crippen molar-refractivity contribution >= 4 is 17.6 Å². The van der Waals surface area contributed by atoms with Gasteiger partial charge in [0.2, 0.25) is 0 Å². The monoisotopic (exact) mass is 286 g/mol. The van der Waals surface area contributed by atoms with E-state index in [1.807, 2.05) is 18.5 Å². The lowest BCUT2D eigenvalue weighted by Crippen LogP contribution is -2.34. The molecule has 1 aromatic heterocycles. The highest BCUT2D eigenvalue weighted by Crippen LogP contribution is 2.36. The first-order valence-corrected chi connectivity index (χ1v) is 6.97. The second-order valence-electron chi connectivity index (χ2n) is 4.94. The Kier molecular flexibility index (Phi) is 4.16. The average Bonchev–Trinajstić information content (AvgIpc) is 2.97. The molecule has 1 aliphatic heterocycles. The summed E-state index contributed by atoms with van der Waals surface area (Å²) in [5.41, 5.74) is 0.786. The number of carboxylic acids is 1. The number of carbonyl (C=O) groups is 1. The van der Waals surface area contributed by atoms with E-state index in [9.17, 15) is 9.90 Å². The van der Waals surface area contributed by atoms with Crippen LogP contribution < -0.4 is 0 Å². The molecular weight excluding hydrogens is 268 g/mol. The van der Waals surface area contributed by atoms with Crippen LogP contribution in [0.5, 0.6) is 0 Å². The Morgan fingerprint density at radius 1 is 1.58 bits per heavy atom. The summed E-state index contributed by atoms with van der Waals surface area (Å²) in [6, 6.07) is 0. The number of nitrogens with zero attached hydrogens (tertiary/aromatic N) is 2. The van der Waals surface area contributed by atoms with Crippen molar-refractivity contribution in [2.24, 2.45) is 5.41 Å². The highest BCUT2D eigenvalue weighted by atomic mass is 35.5. The molecule has 0 aliphatic carbocycles. The van der Waals surface area contributed by atoms with E-state index >= 15 is 0 Å². The van der Waals surface area contributed by atoms with Crippen LogP contribution in [0.2, 0.25) is 5.02 Å². The largest absolute Gasteiger partial charge is 0.481 e. The quantitative estimate of drug-likeness (QED) is 0.901. The molecule has 1 unspecified atom stereocenters. The summed E-state index contributed by atoms with van der Waals surface area (Å²) in [4.78, 5) is 11.6. The van der Waals surface area contributed by atoms with E-state index in [1.54, 1.807) is 0 Å². The van der Waals surface area contributed by atoms with Gasteiger partial charge in [-0.15, -0.1) is 0 Å². The standard InChI is InChI=1S/C13H19ClN2O3/c1-3-9-11(14)10(16(4-2)15-9)7-13(12(17)18)5-6-19-8-13/h3-8H2,1-2H3,(H,17,18). The van der Waals surface area contributed by atoms with E-state index in [0.29, 0.717) is 31.0 Å². The minimum absolute atomic E-state index is 0.245. The van der Waals surface area contributed by atoms with Gasteiger partial charge in [-0.2, -0.15) is 5.10 Å². The SMILES string of the molecule is CCc1nn(CC)c(CC2(C(=O)O)CCOC2)c1Cl. The molecule has 6 heteroatoms. The Hall–Kier alpha value is -1.07. The maximum atomic E-state index is 11.6. The summed E-state index contributed by atoms with van der Waals surface area (Å²) in [5.74, 6) is -0.817. The summed E-state index contributed by atoms with van der Waals surface area (Å²) in [5, 5.41) is 14.5. The molecule has 106 valence electrons. The smallest absolute Gasteiger partial charge is 0.312 e. The van der Waals surface area contributed by atoms with Crippen molar-refractivity contribution in [3.63, 3.8) is 0 Å². The number of carboxylic acid groups (broad SMARTS) is 1. The normalized spacial score (nSPS) is 22.9. The predicted octanol–water partition coefficient (Wildman–Crippen LogP) is 2.15. The Morgan fingerprint density at radius 2 is 2.32 bits per heavy atom. The molecule has 0 saturated carbocycles. The first-order valence-electron chi connectivity index (χ1n) is 6.59. The van der Waals surface area contributed by atoms with Crippen LogP contribution in [-0.2, 0) is 28.9 Å². The molecule has 1 saturated heterocycles. The molecular formula is C13H19ClN2O3. The number of aryl methyl sites for hydroxylation is 2. The Bertz CT molecular complexity index is 478. The van der Waals surface area contributed by atoms with Gasteiger partial charge in [-0.25, -0.2) is 0 Å². The molecule has 0 aromatic carbocycles. The molecule has 0 bridgehead atoms. The van der Waals surface area contributed by atoms with Gasteiger partial charge in [-0.1, -0.05) is 18.5 Å². The summed E-state index contributed by atoms with van der Waals surface area (Å²) in [6.07, 6.45) is 1.65. The molecule has 1 N–H and O–H groups in total. The lowest BCUT2D eigenvalue weighted by Gasteiger charge is -2.22. The summed E-state index contributed by atoms with van der Waals surface area (Å²) in [7, 11) is 0. The molecule has 1 aromatic rings. The fourth-order valence-corrected chi connectivity index (χ4v) is 2.83. The highest BCUT2D eigenvalue weighted by Gasteiger charge is 2.44. The zero-order valence-corrected chi connectivity index (χ0v) is 12.0. The van der Waals surface area contributed by atoms with Crippen LogP contribution in [0.3, 0.4) is 0 Å². The number of hydrogen-bond acceptors (Lipinski definition) is 3. The lowest BCUT2D eigenvalue weighted by molar-refractivity contribution is -0.148. The van der Waals surface area contributed by atoms with Crippen molar-refractivity contribution < 1.29 is 14.6 Å². The molecule has 1 atom stereocenters. The number of halogens is 1. The summed E-state index contributed by atoms with van der Waals surface area (Å²) in [6.45, 7) is 5.39. The van der Waals surface area contributed by atoms with E-state index in [-0.39, 0.29) is 6.61 Å². The second kappa shape index (κ2) is 5.51. The zero-order chi connectivity index (χ0) is 14.0. The molecule has 2 heterocycles. The molecule has 19 heavy (non-hydrogen) atoms. The summed E-state index contributed by atoms with van der Waals surface area (Å²) >= 11 is 6.34. The van der Waals surface area contributed by atoms with Crippen LogP contribution in [0.15, 0.2) is 0 Å². The third-order valence-corrected chi connectivity index (χ3v) is 4.19. The third kappa shape index (κ3) is 2.49. The molecule has 1 fully saturated rings. The van der Waals surface area contributed by atoms with Gasteiger partial charge in [0.1, 0.15) is 0 Å². The van der Waals surface area contributed by atoms with Crippen molar-refractivity contribution in [3.05, 3.63) is 16.4 Å². The van der Waals surface area contributed by atoms with Gasteiger partial charge < -0.3 is 9.84 Å². The summed E-state index contributed by atoms with van der Waals surface area (Å²) < 4.78 is 7.10. The number of aliphatic carboxylic acids is 1. The zero-order valence-electron chi connectivity index (χ0n) is 11.3. The first kappa shape index (κ1) is 14.3. The van der Waals surface area contributed by atoms with Crippen molar-refractivity contribution in [1.82, 2.24) is 9.78 Å². The Labute approximate surface area is 117 Å². The van der Waals surface area contributed by atoms with Gasteiger partial charge in [-0.3, -0.25) is 9.48 Å².